The Labute approximate surface area is 142 Å². The summed E-state index contributed by atoms with van der Waals surface area (Å²) in [6, 6.07) is 12.9. The third-order valence-electron chi connectivity index (χ3n) is 3.03. The van der Waals surface area contributed by atoms with Gasteiger partial charge in [0.05, 0.1) is 0 Å². The molecule has 116 valence electrons. The van der Waals surface area contributed by atoms with Crippen molar-refractivity contribution in [2.75, 3.05) is 5.32 Å². The van der Waals surface area contributed by atoms with Gasteiger partial charge in [-0.05, 0) is 23.8 Å². The molecular weight excluding hydrogens is 332 g/mol. The molecule has 0 aliphatic heterocycles. The van der Waals surface area contributed by atoms with E-state index in [-0.39, 0.29) is 5.91 Å². The lowest BCUT2D eigenvalue weighted by Gasteiger charge is -2.05. The molecule has 0 aliphatic carbocycles. The molecule has 3 rings (SSSR count). The van der Waals surface area contributed by atoms with E-state index >= 15 is 0 Å². The second-order valence-corrected chi connectivity index (χ2v) is 5.92. The highest BCUT2D eigenvalue weighted by Gasteiger charge is 2.11. The van der Waals surface area contributed by atoms with E-state index in [0.29, 0.717) is 28.2 Å². The normalized spacial score (nSPS) is 10.3. The Morgan fingerprint density at radius 2 is 2.00 bits per heavy atom. The van der Waals surface area contributed by atoms with Gasteiger partial charge in [0, 0.05) is 23.1 Å². The van der Waals surface area contributed by atoms with Gasteiger partial charge in [0.2, 0.25) is 0 Å². The molecular formula is C16H13ClN4OS. The zero-order chi connectivity index (χ0) is 16.1. The number of thiazole rings is 1. The Morgan fingerprint density at radius 1 is 1.17 bits per heavy atom. The first-order valence-electron chi connectivity index (χ1n) is 6.87. The Hall–Kier alpha value is -2.44. The summed E-state index contributed by atoms with van der Waals surface area (Å²) in [4.78, 5) is 20.6. The maximum absolute atomic E-state index is 12.1. The molecule has 2 aromatic heterocycles. The molecule has 0 fully saturated rings. The lowest BCUT2D eigenvalue weighted by Crippen LogP contribution is -2.23. The molecule has 3 aromatic rings. The van der Waals surface area contributed by atoms with Crippen molar-refractivity contribution in [3.63, 3.8) is 0 Å². The van der Waals surface area contributed by atoms with Gasteiger partial charge in [0.15, 0.2) is 5.13 Å². The van der Waals surface area contributed by atoms with Crippen LogP contribution in [0.4, 0.5) is 10.9 Å². The fraction of sp³-hybridized carbons (Fsp3) is 0.0625. The Morgan fingerprint density at radius 3 is 2.78 bits per heavy atom. The first-order chi connectivity index (χ1) is 11.2. The van der Waals surface area contributed by atoms with E-state index in [1.54, 1.807) is 17.6 Å². The number of nitrogens with one attached hydrogen (secondary N) is 2. The van der Waals surface area contributed by atoms with E-state index in [1.165, 1.54) is 11.3 Å². The van der Waals surface area contributed by atoms with E-state index in [1.807, 2.05) is 36.4 Å². The number of benzene rings is 1. The SMILES string of the molecule is O=C(NCc1ccccc1Cl)c1csc(Nc2ccccn2)n1. The highest BCUT2D eigenvalue weighted by molar-refractivity contribution is 7.14. The summed E-state index contributed by atoms with van der Waals surface area (Å²) in [7, 11) is 0. The van der Waals surface area contributed by atoms with Gasteiger partial charge in [-0.15, -0.1) is 11.3 Å². The van der Waals surface area contributed by atoms with E-state index in [4.69, 9.17) is 11.6 Å². The zero-order valence-electron chi connectivity index (χ0n) is 12.0. The molecule has 2 heterocycles. The first-order valence-corrected chi connectivity index (χ1v) is 8.13. The maximum atomic E-state index is 12.1. The van der Waals surface area contributed by atoms with Gasteiger partial charge in [-0.3, -0.25) is 4.79 Å². The molecule has 7 heteroatoms. The summed E-state index contributed by atoms with van der Waals surface area (Å²) >= 11 is 7.41. The topological polar surface area (TPSA) is 66.9 Å². The number of hydrogen-bond acceptors (Lipinski definition) is 5. The molecule has 0 spiro atoms. The predicted molar refractivity (Wildman–Crippen MR) is 92.3 cm³/mol. The summed E-state index contributed by atoms with van der Waals surface area (Å²) in [5, 5.41) is 8.82. The van der Waals surface area contributed by atoms with Gasteiger partial charge in [0.1, 0.15) is 11.5 Å². The summed E-state index contributed by atoms with van der Waals surface area (Å²) in [6.45, 7) is 0.360. The van der Waals surface area contributed by atoms with E-state index in [0.717, 1.165) is 5.56 Å². The van der Waals surface area contributed by atoms with Crippen molar-refractivity contribution in [3.8, 4) is 0 Å². The first kappa shape index (κ1) is 15.5. The number of aromatic nitrogens is 2. The van der Waals surface area contributed by atoms with Crippen molar-refractivity contribution in [1.82, 2.24) is 15.3 Å². The van der Waals surface area contributed by atoms with Crippen LogP contribution < -0.4 is 10.6 Å². The van der Waals surface area contributed by atoms with E-state index in [9.17, 15) is 4.79 Å². The Kier molecular flexibility index (Phi) is 4.85. The van der Waals surface area contributed by atoms with Crippen molar-refractivity contribution in [2.45, 2.75) is 6.54 Å². The number of anilines is 2. The van der Waals surface area contributed by atoms with Gasteiger partial charge < -0.3 is 10.6 Å². The molecule has 0 bridgehead atoms. The van der Waals surface area contributed by atoms with Crippen LogP contribution in [0.2, 0.25) is 5.02 Å². The summed E-state index contributed by atoms with van der Waals surface area (Å²) in [6.07, 6.45) is 1.69. The van der Waals surface area contributed by atoms with E-state index in [2.05, 4.69) is 20.6 Å². The minimum absolute atomic E-state index is 0.241. The summed E-state index contributed by atoms with van der Waals surface area (Å²) < 4.78 is 0. The molecule has 0 radical (unpaired) electrons. The van der Waals surface area contributed by atoms with Gasteiger partial charge in [-0.1, -0.05) is 35.9 Å². The van der Waals surface area contributed by atoms with Crippen molar-refractivity contribution < 1.29 is 4.79 Å². The third kappa shape index (κ3) is 4.06. The monoisotopic (exact) mass is 344 g/mol. The van der Waals surface area contributed by atoms with Crippen molar-refractivity contribution in [1.29, 1.82) is 0 Å². The van der Waals surface area contributed by atoms with Crippen LogP contribution in [0.15, 0.2) is 54.0 Å². The minimum Gasteiger partial charge on any atom is -0.347 e. The smallest absolute Gasteiger partial charge is 0.271 e. The third-order valence-corrected chi connectivity index (χ3v) is 4.16. The number of carbonyl (C=O) groups excluding carboxylic acids is 1. The number of amides is 1. The largest absolute Gasteiger partial charge is 0.347 e. The van der Waals surface area contributed by atoms with Crippen molar-refractivity contribution in [2.24, 2.45) is 0 Å². The lowest BCUT2D eigenvalue weighted by molar-refractivity contribution is 0.0946. The van der Waals surface area contributed by atoms with Gasteiger partial charge in [-0.25, -0.2) is 9.97 Å². The molecule has 2 N–H and O–H groups in total. The molecule has 0 atom stereocenters. The second kappa shape index (κ2) is 7.21. The van der Waals surface area contributed by atoms with Crippen LogP contribution in [-0.2, 0) is 6.54 Å². The van der Waals surface area contributed by atoms with Crippen LogP contribution in [-0.4, -0.2) is 15.9 Å². The van der Waals surface area contributed by atoms with Crippen LogP contribution in [0.5, 0.6) is 0 Å². The molecule has 0 saturated heterocycles. The van der Waals surface area contributed by atoms with Crippen molar-refractivity contribution in [3.05, 3.63) is 70.3 Å². The van der Waals surface area contributed by atoms with Crippen LogP contribution in [0.1, 0.15) is 16.1 Å². The molecule has 1 amide bonds. The zero-order valence-corrected chi connectivity index (χ0v) is 13.6. The molecule has 5 nitrogen and oxygen atoms in total. The second-order valence-electron chi connectivity index (χ2n) is 4.65. The minimum atomic E-state index is -0.241. The average molecular weight is 345 g/mol. The highest BCUT2D eigenvalue weighted by Crippen LogP contribution is 2.20. The van der Waals surface area contributed by atoms with Crippen molar-refractivity contribution >= 4 is 39.8 Å². The van der Waals surface area contributed by atoms with Crippen LogP contribution in [0, 0.1) is 0 Å². The Balaban J connectivity index is 1.61. The predicted octanol–water partition coefficient (Wildman–Crippen LogP) is 3.87. The number of pyridine rings is 1. The van der Waals surface area contributed by atoms with Gasteiger partial charge >= 0.3 is 0 Å². The molecule has 1 aromatic carbocycles. The van der Waals surface area contributed by atoms with Gasteiger partial charge in [-0.2, -0.15) is 0 Å². The quantitative estimate of drug-likeness (QED) is 0.737. The fourth-order valence-corrected chi connectivity index (χ4v) is 2.79. The van der Waals surface area contributed by atoms with E-state index < -0.39 is 0 Å². The van der Waals surface area contributed by atoms with Crippen LogP contribution >= 0.6 is 22.9 Å². The Bertz CT molecular complexity index is 807. The molecule has 0 unspecified atom stereocenters. The van der Waals surface area contributed by atoms with Gasteiger partial charge in [0.25, 0.3) is 5.91 Å². The lowest BCUT2D eigenvalue weighted by atomic mass is 10.2. The van der Waals surface area contributed by atoms with Crippen LogP contribution in [0.3, 0.4) is 0 Å². The molecule has 0 saturated carbocycles. The number of carbonyl (C=O) groups is 1. The fourth-order valence-electron chi connectivity index (χ4n) is 1.89. The summed E-state index contributed by atoms with van der Waals surface area (Å²) in [5.74, 6) is 0.445. The highest BCUT2D eigenvalue weighted by atomic mass is 35.5. The number of hydrogen-bond donors (Lipinski definition) is 2. The molecule has 0 aliphatic rings. The number of rotatable bonds is 5. The maximum Gasteiger partial charge on any atom is 0.271 e. The average Bonchev–Trinajstić information content (AvgIpc) is 3.03. The number of nitrogens with zero attached hydrogens (tertiary/aromatic N) is 2. The summed E-state index contributed by atoms with van der Waals surface area (Å²) in [5.41, 5.74) is 1.23. The van der Waals surface area contributed by atoms with Crippen LogP contribution in [0.25, 0.3) is 0 Å². The molecule has 23 heavy (non-hydrogen) atoms. The number of halogens is 1. The standard InChI is InChI=1S/C16H13ClN4OS/c17-12-6-2-1-5-11(12)9-19-15(22)13-10-23-16(20-13)21-14-7-3-4-8-18-14/h1-8,10H,9H2,(H,19,22)(H,18,20,21).